The number of alkyl halides is 3. The van der Waals surface area contributed by atoms with Crippen molar-refractivity contribution in [2.24, 2.45) is 11.8 Å². The van der Waals surface area contributed by atoms with Gasteiger partial charge in [0, 0.05) is 13.3 Å². The lowest BCUT2D eigenvalue weighted by atomic mass is 9.66. The van der Waals surface area contributed by atoms with Gasteiger partial charge in [-0.2, -0.15) is 18.4 Å². The van der Waals surface area contributed by atoms with Gasteiger partial charge in [-0.15, -0.1) is 0 Å². The number of ether oxygens (including phenoxy) is 2. The number of anilines is 1. The number of imide groups is 1. The summed E-state index contributed by atoms with van der Waals surface area (Å²) in [4.78, 5) is 39.0. The molecule has 164 valence electrons. The number of hydrogen-bond acceptors (Lipinski definition) is 6. The number of fused-ring (bicyclic) bond motifs is 5. The highest BCUT2D eigenvalue weighted by atomic mass is 19.4. The van der Waals surface area contributed by atoms with Crippen LogP contribution in [0.1, 0.15) is 44.7 Å². The van der Waals surface area contributed by atoms with Crippen LogP contribution in [0.25, 0.3) is 0 Å². The van der Waals surface area contributed by atoms with Crippen molar-refractivity contribution in [1.29, 1.82) is 5.26 Å². The Morgan fingerprint density at radius 2 is 1.97 bits per heavy atom. The molecule has 3 fully saturated rings. The maximum absolute atomic E-state index is 13.4. The fourth-order valence-corrected chi connectivity index (χ4v) is 5.43. The van der Waals surface area contributed by atoms with Crippen molar-refractivity contribution in [3.05, 3.63) is 29.3 Å². The molecule has 3 aliphatic rings. The van der Waals surface area contributed by atoms with E-state index in [0.717, 1.165) is 17.0 Å². The van der Waals surface area contributed by atoms with E-state index in [-0.39, 0.29) is 18.5 Å². The fraction of sp³-hybridized carbons (Fsp3) is 0.524. The van der Waals surface area contributed by atoms with Crippen LogP contribution in [0.3, 0.4) is 0 Å². The Morgan fingerprint density at radius 1 is 1.32 bits per heavy atom. The Bertz CT molecular complexity index is 1050. The SMILES string of the molecule is CCC12OC(C)(C[C@H]1OC(C)=O)[C@@H]1C(=O)N(c3ccc(C#N)c(C(F)(F)F)c3)C(=O)[C@@H]12. The van der Waals surface area contributed by atoms with Gasteiger partial charge in [0.2, 0.25) is 11.8 Å². The van der Waals surface area contributed by atoms with E-state index in [1.165, 1.54) is 13.0 Å². The first-order chi connectivity index (χ1) is 14.4. The highest BCUT2D eigenvalue weighted by molar-refractivity contribution is 6.23. The smallest absolute Gasteiger partial charge is 0.417 e. The number of benzene rings is 1. The quantitative estimate of drug-likeness (QED) is 0.534. The van der Waals surface area contributed by atoms with Gasteiger partial charge < -0.3 is 9.47 Å². The van der Waals surface area contributed by atoms with Gasteiger partial charge in [-0.1, -0.05) is 6.92 Å². The molecule has 0 radical (unpaired) electrons. The van der Waals surface area contributed by atoms with Crippen LogP contribution in [0.15, 0.2) is 18.2 Å². The van der Waals surface area contributed by atoms with Crippen molar-refractivity contribution in [3.8, 4) is 6.07 Å². The molecule has 0 aliphatic carbocycles. The molecule has 0 aromatic heterocycles. The van der Waals surface area contributed by atoms with Gasteiger partial charge in [0.25, 0.3) is 0 Å². The zero-order valence-corrected chi connectivity index (χ0v) is 16.9. The predicted octanol–water partition coefficient (Wildman–Crippen LogP) is 2.96. The number of carbonyl (C=O) groups is 3. The second kappa shape index (κ2) is 6.53. The Morgan fingerprint density at radius 3 is 2.52 bits per heavy atom. The number of halogens is 3. The van der Waals surface area contributed by atoms with E-state index in [2.05, 4.69) is 0 Å². The van der Waals surface area contributed by atoms with Crippen LogP contribution in [0.4, 0.5) is 18.9 Å². The number of nitrogens with zero attached hydrogens (tertiary/aromatic N) is 2. The normalized spacial score (nSPS) is 34.1. The molecular weight excluding hydrogens is 417 g/mol. The minimum absolute atomic E-state index is 0.204. The summed E-state index contributed by atoms with van der Waals surface area (Å²) in [5.74, 6) is -3.80. The molecule has 5 atom stereocenters. The minimum atomic E-state index is -4.83. The molecule has 10 heteroatoms. The van der Waals surface area contributed by atoms with Gasteiger partial charge in [0.05, 0.1) is 40.3 Å². The van der Waals surface area contributed by atoms with E-state index in [4.69, 9.17) is 14.7 Å². The lowest BCUT2D eigenvalue weighted by Gasteiger charge is -2.36. The van der Waals surface area contributed by atoms with Crippen LogP contribution in [-0.2, 0) is 30.0 Å². The molecule has 1 aromatic carbocycles. The fourth-order valence-electron chi connectivity index (χ4n) is 5.43. The number of hydrogen-bond donors (Lipinski definition) is 0. The molecule has 1 aromatic rings. The molecule has 0 N–H and O–H groups in total. The number of amides is 2. The summed E-state index contributed by atoms with van der Waals surface area (Å²) >= 11 is 0. The molecule has 0 saturated carbocycles. The molecule has 31 heavy (non-hydrogen) atoms. The highest BCUT2D eigenvalue weighted by Gasteiger charge is 2.77. The third-order valence-electron chi connectivity index (χ3n) is 6.60. The van der Waals surface area contributed by atoms with Crippen LogP contribution < -0.4 is 4.90 Å². The Labute approximate surface area is 175 Å². The topological polar surface area (TPSA) is 96.7 Å². The van der Waals surface area contributed by atoms with Crippen LogP contribution in [0, 0.1) is 23.2 Å². The van der Waals surface area contributed by atoms with E-state index in [1.807, 2.05) is 0 Å². The molecule has 3 aliphatic heterocycles. The number of nitriles is 1. The second-order valence-corrected chi connectivity index (χ2v) is 8.33. The third-order valence-corrected chi connectivity index (χ3v) is 6.60. The largest absolute Gasteiger partial charge is 0.459 e. The van der Waals surface area contributed by atoms with E-state index in [0.29, 0.717) is 6.07 Å². The first-order valence-electron chi connectivity index (χ1n) is 9.76. The van der Waals surface area contributed by atoms with Gasteiger partial charge in [0.15, 0.2) is 0 Å². The molecule has 2 amide bonds. The van der Waals surface area contributed by atoms with Crippen molar-refractivity contribution in [1.82, 2.24) is 0 Å². The molecule has 3 saturated heterocycles. The molecular formula is C21H19F3N2O5. The van der Waals surface area contributed by atoms with Crippen molar-refractivity contribution >= 4 is 23.5 Å². The zero-order chi connectivity index (χ0) is 22.9. The van der Waals surface area contributed by atoms with E-state index in [1.54, 1.807) is 13.8 Å². The summed E-state index contributed by atoms with van der Waals surface area (Å²) in [6, 6.07) is 4.21. The molecule has 2 unspecified atom stereocenters. The van der Waals surface area contributed by atoms with Gasteiger partial charge in [0.1, 0.15) is 11.7 Å². The van der Waals surface area contributed by atoms with Crippen LogP contribution in [-0.4, -0.2) is 35.1 Å². The summed E-state index contributed by atoms with van der Waals surface area (Å²) in [5, 5.41) is 9.00. The lowest BCUT2D eigenvalue weighted by Crippen LogP contribution is -2.52. The van der Waals surface area contributed by atoms with Gasteiger partial charge in [-0.3, -0.25) is 14.4 Å². The Hall–Kier alpha value is -2.93. The summed E-state index contributed by atoms with van der Waals surface area (Å²) < 4.78 is 51.8. The maximum atomic E-state index is 13.4. The van der Waals surface area contributed by atoms with Crippen LogP contribution in [0.5, 0.6) is 0 Å². The number of carbonyl (C=O) groups excluding carboxylic acids is 3. The first-order valence-corrected chi connectivity index (χ1v) is 9.76. The number of rotatable bonds is 3. The third kappa shape index (κ3) is 2.79. The zero-order valence-electron chi connectivity index (χ0n) is 16.9. The van der Waals surface area contributed by atoms with Crippen molar-refractivity contribution in [2.75, 3.05) is 4.90 Å². The van der Waals surface area contributed by atoms with E-state index >= 15 is 0 Å². The van der Waals surface area contributed by atoms with E-state index < -0.39 is 64.2 Å². The van der Waals surface area contributed by atoms with Crippen molar-refractivity contribution in [3.63, 3.8) is 0 Å². The van der Waals surface area contributed by atoms with Crippen LogP contribution in [0.2, 0.25) is 0 Å². The summed E-state index contributed by atoms with van der Waals surface area (Å²) in [5.41, 5.74) is -4.41. The van der Waals surface area contributed by atoms with Crippen molar-refractivity contribution < 1.29 is 37.0 Å². The Balaban J connectivity index is 1.79. The van der Waals surface area contributed by atoms with Gasteiger partial charge >= 0.3 is 12.1 Å². The molecule has 3 heterocycles. The average molecular weight is 436 g/mol. The minimum Gasteiger partial charge on any atom is -0.459 e. The maximum Gasteiger partial charge on any atom is 0.417 e. The standard InChI is InChI=1S/C21H19F3N2O5/c1-4-20-14(30-10(2)27)8-19(3,31-20)15-16(20)18(29)26(17(15)28)12-6-5-11(9-25)13(7-12)21(22,23)24/h5-7,14-16H,4,8H2,1-3H3/t14-,15+,16-,19?,20?/m1/s1. The molecule has 0 spiro atoms. The predicted molar refractivity (Wildman–Crippen MR) is 98.3 cm³/mol. The molecule has 7 nitrogen and oxygen atoms in total. The monoisotopic (exact) mass is 436 g/mol. The summed E-state index contributed by atoms with van der Waals surface area (Å²) in [6.07, 6.45) is -5.10. The average Bonchev–Trinajstić information content (AvgIpc) is 3.23. The molecule has 4 rings (SSSR count). The van der Waals surface area contributed by atoms with Crippen LogP contribution >= 0.6 is 0 Å². The lowest BCUT2D eigenvalue weighted by molar-refractivity contribution is -0.162. The highest BCUT2D eigenvalue weighted by Crippen LogP contribution is 2.63. The van der Waals surface area contributed by atoms with Crippen molar-refractivity contribution in [2.45, 2.75) is 57.1 Å². The van der Waals surface area contributed by atoms with Gasteiger partial charge in [-0.25, -0.2) is 4.90 Å². The number of esters is 1. The Kier molecular flexibility index (Phi) is 4.49. The first kappa shape index (κ1) is 21.3. The van der Waals surface area contributed by atoms with Gasteiger partial charge in [-0.05, 0) is 31.5 Å². The second-order valence-electron chi connectivity index (χ2n) is 8.33. The van der Waals surface area contributed by atoms with E-state index in [9.17, 15) is 27.6 Å². The summed E-state index contributed by atoms with van der Waals surface area (Å²) in [7, 11) is 0. The summed E-state index contributed by atoms with van der Waals surface area (Å²) in [6.45, 7) is 4.63. The molecule has 2 bridgehead atoms.